The molecule has 4 heteroatoms. The number of aromatic nitrogens is 2. The first kappa shape index (κ1) is 13.8. The smallest absolute Gasteiger partial charge is 0.130 e. The van der Waals surface area contributed by atoms with Crippen LogP contribution in [0.25, 0.3) is 11.3 Å². The number of hydrogen-bond donors (Lipinski definition) is 0. The number of benzene rings is 1. The van der Waals surface area contributed by atoms with Crippen LogP contribution in [0, 0.1) is 6.92 Å². The zero-order valence-electron chi connectivity index (χ0n) is 11.4. The average molecular weight is 277 g/mol. The molecule has 2 rings (SSSR count). The Bertz CT molecular complexity index is 555. The van der Waals surface area contributed by atoms with Crippen molar-refractivity contribution in [3.63, 3.8) is 0 Å². The molecule has 0 fully saturated rings. The summed E-state index contributed by atoms with van der Waals surface area (Å²) in [5, 5.41) is 0.655. The predicted octanol–water partition coefficient (Wildman–Crippen LogP) is 4.28. The van der Waals surface area contributed by atoms with Crippen LogP contribution in [-0.4, -0.2) is 16.1 Å². The molecule has 19 heavy (non-hydrogen) atoms. The van der Waals surface area contributed by atoms with Gasteiger partial charge in [0.25, 0.3) is 0 Å². The molecule has 1 aromatic heterocycles. The van der Waals surface area contributed by atoms with E-state index in [0.29, 0.717) is 5.02 Å². The lowest BCUT2D eigenvalue weighted by Gasteiger charge is -2.16. The Morgan fingerprint density at radius 1 is 1.26 bits per heavy atom. The maximum absolute atomic E-state index is 6.04. The molecule has 1 heterocycles. The highest BCUT2D eigenvalue weighted by Crippen LogP contribution is 2.32. The van der Waals surface area contributed by atoms with E-state index in [4.69, 9.17) is 16.3 Å². The van der Waals surface area contributed by atoms with Crippen LogP contribution in [0.3, 0.4) is 0 Å². The predicted molar refractivity (Wildman–Crippen MR) is 77.6 cm³/mol. The first-order valence-electron chi connectivity index (χ1n) is 6.35. The number of rotatable bonds is 4. The molecule has 0 aliphatic rings. The summed E-state index contributed by atoms with van der Waals surface area (Å²) in [5.41, 5.74) is 2.60. The molecule has 100 valence electrons. The van der Waals surface area contributed by atoms with Crippen molar-refractivity contribution in [2.24, 2.45) is 0 Å². The van der Waals surface area contributed by atoms with Crippen LogP contribution in [-0.2, 0) is 0 Å². The van der Waals surface area contributed by atoms with E-state index in [1.165, 1.54) is 0 Å². The van der Waals surface area contributed by atoms with E-state index in [1.807, 2.05) is 32.0 Å². The second-order valence-corrected chi connectivity index (χ2v) is 4.96. The number of nitrogens with zero attached hydrogens (tertiary/aromatic N) is 2. The van der Waals surface area contributed by atoms with Gasteiger partial charge in [0, 0.05) is 16.8 Å². The summed E-state index contributed by atoms with van der Waals surface area (Å²) in [5.74, 6) is 0.750. The largest absolute Gasteiger partial charge is 0.490 e. The van der Waals surface area contributed by atoms with Crippen LogP contribution in [0.2, 0.25) is 5.02 Å². The van der Waals surface area contributed by atoms with Crippen LogP contribution in [0.15, 0.2) is 30.6 Å². The fraction of sp³-hybridized carbons (Fsp3) is 0.333. The third-order valence-electron chi connectivity index (χ3n) is 2.90. The van der Waals surface area contributed by atoms with Crippen molar-refractivity contribution in [1.29, 1.82) is 0 Å². The van der Waals surface area contributed by atoms with Gasteiger partial charge in [-0.05, 0) is 38.5 Å². The van der Waals surface area contributed by atoms with Crippen molar-refractivity contribution < 1.29 is 4.74 Å². The summed E-state index contributed by atoms with van der Waals surface area (Å²) in [6.45, 7) is 6.03. The van der Waals surface area contributed by atoms with Crippen LogP contribution in [0.5, 0.6) is 5.75 Å². The SMILES string of the molecule is CCC(C)Oc1cc(Cl)ccc1-c1cnc(C)cn1. The van der Waals surface area contributed by atoms with Gasteiger partial charge in [0.05, 0.1) is 23.7 Å². The van der Waals surface area contributed by atoms with E-state index in [1.54, 1.807) is 12.4 Å². The van der Waals surface area contributed by atoms with Crippen molar-refractivity contribution in [3.8, 4) is 17.0 Å². The van der Waals surface area contributed by atoms with E-state index in [2.05, 4.69) is 16.9 Å². The van der Waals surface area contributed by atoms with Crippen molar-refractivity contribution in [2.45, 2.75) is 33.3 Å². The van der Waals surface area contributed by atoms with E-state index in [9.17, 15) is 0 Å². The normalized spacial score (nSPS) is 12.2. The highest BCUT2D eigenvalue weighted by Gasteiger charge is 2.11. The van der Waals surface area contributed by atoms with Gasteiger partial charge < -0.3 is 4.74 Å². The van der Waals surface area contributed by atoms with E-state index in [-0.39, 0.29) is 6.10 Å². The van der Waals surface area contributed by atoms with Crippen molar-refractivity contribution in [2.75, 3.05) is 0 Å². The molecule has 1 aromatic carbocycles. The van der Waals surface area contributed by atoms with Gasteiger partial charge in [-0.2, -0.15) is 0 Å². The zero-order chi connectivity index (χ0) is 13.8. The first-order valence-corrected chi connectivity index (χ1v) is 6.73. The van der Waals surface area contributed by atoms with Gasteiger partial charge in [-0.1, -0.05) is 18.5 Å². The van der Waals surface area contributed by atoms with Crippen LogP contribution < -0.4 is 4.74 Å². The number of hydrogen-bond acceptors (Lipinski definition) is 3. The molecule has 0 bridgehead atoms. The third-order valence-corrected chi connectivity index (χ3v) is 3.14. The lowest BCUT2D eigenvalue weighted by atomic mass is 10.1. The number of ether oxygens (including phenoxy) is 1. The third kappa shape index (κ3) is 3.44. The maximum Gasteiger partial charge on any atom is 0.130 e. The minimum Gasteiger partial charge on any atom is -0.490 e. The maximum atomic E-state index is 6.04. The Morgan fingerprint density at radius 3 is 2.68 bits per heavy atom. The minimum atomic E-state index is 0.135. The Labute approximate surface area is 118 Å². The Morgan fingerprint density at radius 2 is 2.05 bits per heavy atom. The van der Waals surface area contributed by atoms with Crippen LogP contribution in [0.4, 0.5) is 0 Å². The van der Waals surface area contributed by atoms with Gasteiger partial charge in [0.1, 0.15) is 5.75 Å². The van der Waals surface area contributed by atoms with Gasteiger partial charge in [-0.25, -0.2) is 0 Å². The standard InChI is InChI=1S/C15H17ClN2O/c1-4-11(3)19-15-7-12(16)5-6-13(15)14-9-17-10(2)8-18-14/h5-9,11H,4H2,1-3H3. The Hall–Kier alpha value is -1.61. The Balaban J connectivity index is 2.41. The molecule has 2 aromatic rings. The van der Waals surface area contributed by atoms with Crippen LogP contribution >= 0.6 is 11.6 Å². The second-order valence-electron chi connectivity index (χ2n) is 4.52. The summed E-state index contributed by atoms with van der Waals surface area (Å²) in [7, 11) is 0. The van der Waals surface area contributed by atoms with Crippen molar-refractivity contribution in [1.82, 2.24) is 9.97 Å². The van der Waals surface area contributed by atoms with Gasteiger partial charge >= 0.3 is 0 Å². The topological polar surface area (TPSA) is 35.0 Å². The molecule has 0 saturated carbocycles. The Kier molecular flexibility index (Phi) is 4.38. The van der Waals surface area contributed by atoms with Gasteiger partial charge in [-0.15, -0.1) is 0 Å². The highest BCUT2D eigenvalue weighted by molar-refractivity contribution is 6.30. The van der Waals surface area contributed by atoms with Crippen LogP contribution in [0.1, 0.15) is 26.0 Å². The van der Waals surface area contributed by atoms with E-state index in [0.717, 1.165) is 29.1 Å². The molecule has 0 radical (unpaired) electrons. The molecule has 0 N–H and O–H groups in total. The number of aryl methyl sites for hydroxylation is 1. The zero-order valence-corrected chi connectivity index (χ0v) is 12.1. The average Bonchev–Trinajstić information content (AvgIpc) is 2.40. The van der Waals surface area contributed by atoms with E-state index < -0.39 is 0 Å². The van der Waals surface area contributed by atoms with Gasteiger partial charge in [0.2, 0.25) is 0 Å². The summed E-state index contributed by atoms with van der Waals surface area (Å²) in [6, 6.07) is 5.58. The molecular weight excluding hydrogens is 260 g/mol. The summed E-state index contributed by atoms with van der Waals surface area (Å²) >= 11 is 6.04. The lowest BCUT2D eigenvalue weighted by Crippen LogP contribution is -2.10. The summed E-state index contributed by atoms with van der Waals surface area (Å²) < 4.78 is 5.91. The molecular formula is C15H17ClN2O. The highest BCUT2D eigenvalue weighted by atomic mass is 35.5. The first-order chi connectivity index (χ1) is 9.10. The fourth-order valence-corrected chi connectivity index (χ4v) is 1.80. The van der Waals surface area contributed by atoms with E-state index >= 15 is 0 Å². The molecule has 0 spiro atoms. The van der Waals surface area contributed by atoms with Crippen molar-refractivity contribution >= 4 is 11.6 Å². The molecule has 0 saturated heterocycles. The number of halogens is 1. The molecule has 0 aliphatic heterocycles. The minimum absolute atomic E-state index is 0.135. The van der Waals surface area contributed by atoms with Gasteiger partial charge in [0.15, 0.2) is 0 Å². The monoisotopic (exact) mass is 276 g/mol. The summed E-state index contributed by atoms with van der Waals surface area (Å²) in [6.07, 6.45) is 4.57. The molecule has 0 aliphatic carbocycles. The molecule has 1 atom stereocenters. The second kappa shape index (κ2) is 6.02. The van der Waals surface area contributed by atoms with Crippen molar-refractivity contribution in [3.05, 3.63) is 41.3 Å². The quantitative estimate of drug-likeness (QED) is 0.836. The molecule has 1 unspecified atom stereocenters. The lowest BCUT2D eigenvalue weighted by molar-refractivity contribution is 0.218. The van der Waals surface area contributed by atoms with Gasteiger partial charge in [-0.3, -0.25) is 9.97 Å². The molecule has 0 amide bonds. The summed E-state index contributed by atoms with van der Waals surface area (Å²) in [4.78, 5) is 8.65. The molecule has 3 nitrogen and oxygen atoms in total. The fourth-order valence-electron chi connectivity index (χ4n) is 1.64.